The largest absolute Gasteiger partial charge is 0.351 e. The van der Waals surface area contributed by atoms with E-state index in [4.69, 9.17) is 10.1 Å². The SMILES string of the molecule is Cc1nc(C(=O)N2CCN(c3nccn4nc5c(c34)CCCC5)CC2)cs1. The summed E-state index contributed by atoms with van der Waals surface area (Å²) in [5, 5.41) is 7.55. The zero-order valence-corrected chi connectivity index (χ0v) is 16.2. The first-order chi connectivity index (χ1) is 13.2. The Balaban J connectivity index is 1.38. The number of anilines is 1. The van der Waals surface area contributed by atoms with Gasteiger partial charge in [-0.25, -0.2) is 14.5 Å². The first-order valence-corrected chi connectivity index (χ1v) is 10.4. The molecule has 8 heteroatoms. The number of thiazole rings is 1. The van der Waals surface area contributed by atoms with Crippen LogP contribution in [0.3, 0.4) is 0 Å². The van der Waals surface area contributed by atoms with E-state index in [1.165, 1.54) is 35.4 Å². The summed E-state index contributed by atoms with van der Waals surface area (Å²) in [7, 11) is 0. The van der Waals surface area contributed by atoms with Crippen molar-refractivity contribution in [1.82, 2.24) is 24.5 Å². The van der Waals surface area contributed by atoms with Crippen LogP contribution in [0.5, 0.6) is 0 Å². The highest BCUT2D eigenvalue weighted by molar-refractivity contribution is 7.09. The van der Waals surface area contributed by atoms with Crippen LogP contribution in [-0.2, 0) is 12.8 Å². The molecule has 3 aromatic heterocycles. The number of amides is 1. The molecule has 0 saturated carbocycles. The molecular weight excluding hydrogens is 360 g/mol. The molecule has 1 fully saturated rings. The summed E-state index contributed by atoms with van der Waals surface area (Å²) in [5.74, 6) is 1.04. The van der Waals surface area contributed by atoms with Gasteiger partial charge in [0.2, 0.25) is 0 Å². The number of aryl methyl sites for hydroxylation is 3. The molecule has 0 spiro atoms. The van der Waals surface area contributed by atoms with Crippen molar-refractivity contribution >= 4 is 28.6 Å². The van der Waals surface area contributed by atoms with Gasteiger partial charge in [0.25, 0.3) is 5.91 Å². The summed E-state index contributed by atoms with van der Waals surface area (Å²) in [5.41, 5.74) is 4.31. The van der Waals surface area contributed by atoms with Crippen molar-refractivity contribution in [3.05, 3.63) is 39.7 Å². The number of hydrogen-bond acceptors (Lipinski definition) is 6. The van der Waals surface area contributed by atoms with Crippen LogP contribution in [0, 0.1) is 6.92 Å². The van der Waals surface area contributed by atoms with Crippen molar-refractivity contribution in [3.8, 4) is 0 Å². The highest BCUT2D eigenvalue weighted by Crippen LogP contribution is 2.30. The number of fused-ring (bicyclic) bond motifs is 3. The minimum absolute atomic E-state index is 0.0342. The second-order valence-electron chi connectivity index (χ2n) is 7.21. The first-order valence-electron chi connectivity index (χ1n) is 9.52. The molecule has 0 unspecified atom stereocenters. The van der Waals surface area contributed by atoms with Gasteiger partial charge in [0, 0.05) is 49.5 Å². The molecule has 0 radical (unpaired) electrons. The smallest absolute Gasteiger partial charge is 0.273 e. The Kier molecular flexibility index (Phi) is 4.07. The van der Waals surface area contributed by atoms with Crippen molar-refractivity contribution < 1.29 is 4.79 Å². The van der Waals surface area contributed by atoms with Gasteiger partial charge < -0.3 is 9.80 Å². The molecule has 5 rings (SSSR count). The summed E-state index contributed by atoms with van der Waals surface area (Å²) in [4.78, 5) is 25.9. The molecule has 0 aromatic carbocycles. The fourth-order valence-electron chi connectivity index (χ4n) is 4.12. The number of rotatable bonds is 2. The van der Waals surface area contributed by atoms with Gasteiger partial charge in [0.1, 0.15) is 11.2 Å². The normalized spacial score (nSPS) is 17.4. The average Bonchev–Trinajstić information content (AvgIpc) is 3.31. The third-order valence-electron chi connectivity index (χ3n) is 5.50. The van der Waals surface area contributed by atoms with Crippen LogP contribution >= 0.6 is 11.3 Å². The maximum atomic E-state index is 12.6. The van der Waals surface area contributed by atoms with E-state index < -0.39 is 0 Å². The summed E-state index contributed by atoms with van der Waals surface area (Å²) in [6.45, 7) is 4.86. The molecule has 7 nitrogen and oxygen atoms in total. The Hall–Kier alpha value is -2.48. The standard InChI is InChI=1S/C19H22N6OS/c1-13-21-16(12-27-13)19(26)24-10-8-23(9-11-24)18-17-14-4-2-3-5-15(14)22-25(17)7-6-20-18/h6-7,12H,2-5,8-11H2,1H3. The number of carbonyl (C=O) groups excluding carboxylic acids is 1. The first kappa shape index (κ1) is 16.7. The molecule has 0 N–H and O–H groups in total. The van der Waals surface area contributed by atoms with Gasteiger partial charge in [-0.1, -0.05) is 0 Å². The molecule has 1 saturated heterocycles. The lowest BCUT2D eigenvalue weighted by molar-refractivity contribution is 0.0741. The molecule has 1 aliphatic carbocycles. The quantitative estimate of drug-likeness (QED) is 0.681. The Morgan fingerprint density at radius 2 is 1.96 bits per heavy atom. The van der Waals surface area contributed by atoms with E-state index in [0.29, 0.717) is 18.8 Å². The molecule has 3 aromatic rings. The summed E-state index contributed by atoms with van der Waals surface area (Å²) >= 11 is 1.52. The minimum Gasteiger partial charge on any atom is -0.351 e. The van der Waals surface area contributed by atoms with Crippen LogP contribution in [0.25, 0.3) is 5.52 Å². The maximum absolute atomic E-state index is 12.6. The lowest BCUT2D eigenvalue weighted by atomic mass is 9.97. The number of hydrogen-bond donors (Lipinski definition) is 0. The number of nitrogens with zero attached hydrogens (tertiary/aromatic N) is 6. The molecule has 0 atom stereocenters. The Labute approximate surface area is 161 Å². The van der Waals surface area contributed by atoms with Crippen molar-refractivity contribution in [2.24, 2.45) is 0 Å². The summed E-state index contributed by atoms with van der Waals surface area (Å²) < 4.78 is 1.99. The zero-order chi connectivity index (χ0) is 18.4. The van der Waals surface area contributed by atoms with E-state index in [0.717, 1.165) is 42.3 Å². The Bertz CT molecular complexity index is 1000. The van der Waals surface area contributed by atoms with E-state index in [1.54, 1.807) is 0 Å². The van der Waals surface area contributed by atoms with Crippen LogP contribution in [0.1, 0.15) is 39.6 Å². The molecule has 2 aliphatic rings. The summed E-state index contributed by atoms with van der Waals surface area (Å²) in [6, 6.07) is 0. The maximum Gasteiger partial charge on any atom is 0.273 e. The fourth-order valence-corrected chi connectivity index (χ4v) is 4.71. The van der Waals surface area contributed by atoms with Crippen LogP contribution in [0.2, 0.25) is 0 Å². The van der Waals surface area contributed by atoms with Crippen LogP contribution in [0.15, 0.2) is 17.8 Å². The highest BCUT2D eigenvalue weighted by atomic mass is 32.1. The van der Waals surface area contributed by atoms with Crippen molar-refractivity contribution in [2.75, 3.05) is 31.1 Å². The second kappa shape index (κ2) is 6.60. The number of carbonyl (C=O) groups is 1. The van der Waals surface area contributed by atoms with Gasteiger partial charge >= 0.3 is 0 Å². The van der Waals surface area contributed by atoms with E-state index in [2.05, 4.69) is 9.88 Å². The van der Waals surface area contributed by atoms with Gasteiger partial charge in [-0.3, -0.25) is 4.79 Å². The van der Waals surface area contributed by atoms with Crippen molar-refractivity contribution in [2.45, 2.75) is 32.6 Å². The third-order valence-corrected chi connectivity index (χ3v) is 6.28. The van der Waals surface area contributed by atoms with Crippen LogP contribution in [0.4, 0.5) is 5.82 Å². The molecule has 140 valence electrons. The predicted molar refractivity (Wildman–Crippen MR) is 105 cm³/mol. The van der Waals surface area contributed by atoms with Gasteiger partial charge in [-0.2, -0.15) is 5.10 Å². The van der Waals surface area contributed by atoms with Crippen LogP contribution < -0.4 is 4.90 Å². The van der Waals surface area contributed by atoms with E-state index in [-0.39, 0.29) is 5.91 Å². The second-order valence-corrected chi connectivity index (χ2v) is 8.27. The van der Waals surface area contributed by atoms with Crippen LogP contribution in [-0.4, -0.2) is 56.6 Å². The molecule has 1 amide bonds. The lowest BCUT2D eigenvalue weighted by Gasteiger charge is -2.35. The van der Waals surface area contributed by atoms with Crippen molar-refractivity contribution in [3.63, 3.8) is 0 Å². The Morgan fingerprint density at radius 1 is 1.15 bits per heavy atom. The Morgan fingerprint density at radius 3 is 2.74 bits per heavy atom. The average molecular weight is 382 g/mol. The van der Waals surface area contributed by atoms with Gasteiger partial charge in [0.05, 0.1) is 10.7 Å². The zero-order valence-electron chi connectivity index (χ0n) is 15.4. The topological polar surface area (TPSA) is 66.6 Å². The molecule has 1 aliphatic heterocycles. The van der Waals surface area contributed by atoms with E-state index >= 15 is 0 Å². The summed E-state index contributed by atoms with van der Waals surface area (Å²) in [6.07, 6.45) is 8.36. The van der Waals surface area contributed by atoms with Gasteiger partial charge in [0.15, 0.2) is 5.82 Å². The molecule has 27 heavy (non-hydrogen) atoms. The van der Waals surface area contributed by atoms with Crippen molar-refractivity contribution in [1.29, 1.82) is 0 Å². The molecular formula is C19H22N6OS. The molecule has 4 heterocycles. The number of aromatic nitrogens is 4. The minimum atomic E-state index is 0.0342. The van der Waals surface area contributed by atoms with Gasteiger partial charge in [-0.05, 0) is 32.6 Å². The van der Waals surface area contributed by atoms with E-state index in [9.17, 15) is 4.79 Å². The predicted octanol–water partition coefficient (Wildman–Crippen LogP) is 2.34. The lowest BCUT2D eigenvalue weighted by Crippen LogP contribution is -2.49. The fraction of sp³-hybridized carbons (Fsp3) is 0.474. The monoisotopic (exact) mass is 382 g/mol. The number of piperazine rings is 1. The third kappa shape index (κ3) is 2.88. The van der Waals surface area contributed by atoms with Gasteiger partial charge in [-0.15, -0.1) is 11.3 Å². The van der Waals surface area contributed by atoms with E-state index in [1.807, 2.05) is 34.1 Å². The highest BCUT2D eigenvalue weighted by Gasteiger charge is 2.27. The molecule has 0 bridgehead atoms.